The minimum atomic E-state index is -0.463. The van der Waals surface area contributed by atoms with Crippen molar-refractivity contribution < 1.29 is 4.74 Å². The van der Waals surface area contributed by atoms with Gasteiger partial charge in [0, 0.05) is 5.56 Å². The maximum Gasteiger partial charge on any atom is 0.203 e. The van der Waals surface area contributed by atoms with E-state index < -0.39 is 3.42 Å². The molecule has 0 atom stereocenters. The van der Waals surface area contributed by atoms with E-state index >= 15 is 0 Å². The summed E-state index contributed by atoms with van der Waals surface area (Å²) in [6.07, 6.45) is 0.995. The topological polar surface area (TPSA) is 9.23 Å². The summed E-state index contributed by atoms with van der Waals surface area (Å²) in [7, 11) is 0. The Morgan fingerprint density at radius 3 is 2.75 bits per heavy atom. The van der Waals surface area contributed by atoms with Gasteiger partial charge in [-0.2, -0.15) is 0 Å². The maximum atomic E-state index is 5.53. The Hall–Kier alpha value is 0.140. The van der Waals surface area contributed by atoms with Gasteiger partial charge in [0.05, 0.1) is 6.61 Å². The SMILES string of the molecule is BrC1(Br)OCCc2ccccc21. The fraction of sp³-hybridized carbons (Fsp3) is 0.333. The smallest absolute Gasteiger partial charge is 0.203 e. The number of hydrogen-bond acceptors (Lipinski definition) is 1. The summed E-state index contributed by atoms with van der Waals surface area (Å²) in [5.41, 5.74) is 2.52. The van der Waals surface area contributed by atoms with Crippen molar-refractivity contribution >= 4 is 31.9 Å². The molecule has 0 saturated carbocycles. The molecule has 0 spiro atoms. The molecule has 3 heteroatoms. The summed E-state index contributed by atoms with van der Waals surface area (Å²) < 4.78 is 5.06. The van der Waals surface area contributed by atoms with Crippen LogP contribution in [0.15, 0.2) is 24.3 Å². The van der Waals surface area contributed by atoms with Crippen LogP contribution in [0.5, 0.6) is 0 Å². The van der Waals surface area contributed by atoms with E-state index in [4.69, 9.17) is 4.74 Å². The summed E-state index contributed by atoms with van der Waals surface area (Å²) in [4.78, 5) is 0. The first-order valence-electron chi connectivity index (χ1n) is 3.80. The van der Waals surface area contributed by atoms with E-state index in [0.717, 1.165) is 13.0 Å². The first-order valence-corrected chi connectivity index (χ1v) is 5.39. The van der Waals surface area contributed by atoms with Gasteiger partial charge < -0.3 is 4.74 Å². The molecular formula is C9H8Br2O. The Kier molecular flexibility index (Phi) is 2.27. The van der Waals surface area contributed by atoms with Gasteiger partial charge in [0.15, 0.2) is 0 Å². The van der Waals surface area contributed by atoms with E-state index in [1.165, 1.54) is 11.1 Å². The number of benzene rings is 1. The highest BCUT2D eigenvalue weighted by molar-refractivity contribution is 9.24. The molecule has 0 bridgehead atoms. The second kappa shape index (κ2) is 3.13. The van der Waals surface area contributed by atoms with Crippen molar-refractivity contribution in [3.8, 4) is 0 Å². The normalized spacial score (nSPS) is 20.2. The first kappa shape index (κ1) is 8.73. The molecule has 64 valence electrons. The molecule has 1 aromatic rings. The second-order valence-corrected chi connectivity index (χ2v) is 6.07. The highest BCUT2D eigenvalue weighted by Gasteiger charge is 2.31. The van der Waals surface area contributed by atoms with E-state index in [1.807, 2.05) is 6.07 Å². The van der Waals surface area contributed by atoms with Gasteiger partial charge >= 0.3 is 0 Å². The van der Waals surface area contributed by atoms with Crippen LogP contribution in [0.4, 0.5) is 0 Å². The van der Waals surface area contributed by atoms with E-state index in [9.17, 15) is 0 Å². The van der Waals surface area contributed by atoms with Crippen molar-refractivity contribution in [2.45, 2.75) is 9.84 Å². The molecule has 0 unspecified atom stereocenters. The number of fused-ring (bicyclic) bond motifs is 1. The van der Waals surface area contributed by atoms with Gasteiger partial charge in [-0.25, -0.2) is 0 Å². The van der Waals surface area contributed by atoms with Crippen molar-refractivity contribution in [3.63, 3.8) is 0 Å². The Morgan fingerprint density at radius 1 is 1.25 bits per heavy atom. The van der Waals surface area contributed by atoms with Crippen LogP contribution in [-0.4, -0.2) is 6.61 Å². The zero-order valence-electron chi connectivity index (χ0n) is 6.39. The third kappa shape index (κ3) is 1.45. The third-order valence-corrected chi connectivity index (χ3v) is 3.30. The molecule has 0 N–H and O–H groups in total. The summed E-state index contributed by atoms with van der Waals surface area (Å²) in [5, 5.41) is 0. The minimum Gasteiger partial charge on any atom is -0.349 e. The number of halogens is 2. The lowest BCUT2D eigenvalue weighted by Gasteiger charge is -2.28. The molecule has 0 fully saturated rings. The Balaban J connectivity index is 2.52. The van der Waals surface area contributed by atoms with Crippen LogP contribution >= 0.6 is 31.9 Å². The summed E-state index contributed by atoms with van der Waals surface area (Å²) in [6, 6.07) is 8.28. The molecule has 0 radical (unpaired) electrons. The lowest BCUT2D eigenvalue weighted by Crippen LogP contribution is -2.23. The van der Waals surface area contributed by atoms with Crippen LogP contribution in [0.3, 0.4) is 0 Å². The first-order chi connectivity index (χ1) is 5.70. The van der Waals surface area contributed by atoms with Crippen molar-refractivity contribution in [2.24, 2.45) is 0 Å². The molecule has 1 aliphatic heterocycles. The molecule has 1 heterocycles. The van der Waals surface area contributed by atoms with Gasteiger partial charge in [-0.3, -0.25) is 0 Å². The van der Waals surface area contributed by atoms with Gasteiger partial charge in [-0.05, 0) is 43.8 Å². The summed E-state index contributed by atoms with van der Waals surface area (Å²) >= 11 is 6.97. The van der Waals surface area contributed by atoms with Gasteiger partial charge in [-0.15, -0.1) is 0 Å². The van der Waals surface area contributed by atoms with Crippen LogP contribution in [-0.2, 0) is 14.6 Å². The molecule has 1 nitrogen and oxygen atoms in total. The van der Waals surface area contributed by atoms with Gasteiger partial charge in [0.25, 0.3) is 0 Å². The zero-order valence-corrected chi connectivity index (χ0v) is 9.56. The average molecular weight is 292 g/mol. The molecule has 0 aromatic heterocycles. The predicted molar refractivity (Wildman–Crippen MR) is 55.6 cm³/mol. The third-order valence-electron chi connectivity index (χ3n) is 1.99. The largest absolute Gasteiger partial charge is 0.349 e. The van der Waals surface area contributed by atoms with Crippen LogP contribution in [0.2, 0.25) is 0 Å². The number of rotatable bonds is 0. The van der Waals surface area contributed by atoms with Crippen LogP contribution < -0.4 is 0 Å². The fourth-order valence-electron chi connectivity index (χ4n) is 1.39. The highest BCUT2D eigenvalue weighted by Crippen LogP contribution is 2.43. The Bertz CT molecular complexity index is 296. The van der Waals surface area contributed by atoms with E-state index in [2.05, 4.69) is 50.1 Å². The lowest BCUT2D eigenvalue weighted by atomic mass is 10.0. The predicted octanol–water partition coefficient (Wildman–Crippen LogP) is 3.16. The molecule has 1 aromatic carbocycles. The number of ether oxygens (including phenoxy) is 1. The van der Waals surface area contributed by atoms with Crippen LogP contribution in [0.1, 0.15) is 11.1 Å². The second-order valence-electron chi connectivity index (χ2n) is 2.77. The molecule has 0 saturated heterocycles. The molecule has 0 aliphatic carbocycles. The van der Waals surface area contributed by atoms with E-state index in [-0.39, 0.29) is 0 Å². The summed E-state index contributed by atoms with van der Waals surface area (Å²) in [6.45, 7) is 0.757. The highest BCUT2D eigenvalue weighted by atomic mass is 79.9. The molecule has 12 heavy (non-hydrogen) atoms. The lowest BCUT2D eigenvalue weighted by molar-refractivity contribution is 0.0879. The molecule has 0 amide bonds. The molecule has 1 aliphatic rings. The van der Waals surface area contributed by atoms with E-state index in [1.54, 1.807) is 0 Å². The molecule has 2 rings (SSSR count). The Labute approximate surface area is 88.4 Å². The van der Waals surface area contributed by atoms with Crippen molar-refractivity contribution in [1.29, 1.82) is 0 Å². The summed E-state index contributed by atoms with van der Waals surface area (Å²) in [5.74, 6) is 0. The van der Waals surface area contributed by atoms with Gasteiger partial charge in [0.2, 0.25) is 3.42 Å². The van der Waals surface area contributed by atoms with Crippen molar-refractivity contribution in [1.82, 2.24) is 0 Å². The molecular weight excluding hydrogens is 284 g/mol. The van der Waals surface area contributed by atoms with E-state index in [0.29, 0.717) is 0 Å². The van der Waals surface area contributed by atoms with Crippen molar-refractivity contribution in [3.05, 3.63) is 35.4 Å². The number of alkyl halides is 2. The van der Waals surface area contributed by atoms with Crippen LogP contribution in [0, 0.1) is 0 Å². The van der Waals surface area contributed by atoms with Gasteiger partial charge in [0.1, 0.15) is 0 Å². The van der Waals surface area contributed by atoms with Gasteiger partial charge in [-0.1, -0.05) is 24.3 Å². The fourth-order valence-corrected chi connectivity index (χ4v) is 2.49. The zero-order chi connectivity index (χ0) is 8.60. The Morgan fingerprint density at radius 2 is 2.00 bits per heavy atom. The quantitative estimate of drug-likeness (QED) is 0.667. The minimum absolute atomic E-state index is 0.463. The van der Waals surface area contributed by atoms with Crippen LogP contribution in [0.25, 0.3) is 0 Å². The monoisotopic (exact) mass is 290 g/mol. The maximum absolute atomic E-state index is 5.53. The standard InChI is InChI=1S/C9H8Br2O/c10-9(11)8-4-2-1-3-7(8)5-6-12-9/h1-4H,5-6H2. The average Bonchev–Trinajstić information content (AvgIpc) is 2.04. The number of hydrogen-bond donors (Lipinski definition) is 0. The van der Waals surface area contributed by atoms with Crippen molar-refractivity contribution in [2.75, 3.05) is 6.61 Å².